The van der Waals surface area contributed by atoms with Crippen molar-refractivity contribution in [1.82, 2.24) is 9.97 Å². The Morgan fingerprint density at radius 1 is 1.14 bits per heavy atom. The molecule has 104 valence electrons. The van der Waals surface area contributed by atoms with Gasteiger partial charge in [0.05, 0.1) is 18.0 Å². The second kappa shape index (κ2) is 5.41. The number of benzene rings is 1. The second-order valence-electron chi connectivity index (χ2n) is 4.17. The van der Waals surface area contributed by atoms with Crippen molar-refractivity contribution < 1.29 is 9.34 Å². The highest BCUT2D eigenvalue weighted by molar-refractivity contribution is 5.74. The molecule has 1 N–H and O–H groups in total. The average molecular weight is 282 g/mol. The van der Waals surface area contributed by atoms with E-state index in [1.54, 1.807) is 6.20 Å². The summed E-state index contributed by atoms with van der Waals surface area (Å²) >= 11 is 0. The predicted molar refractivity (Wildman–Crippen MR) is 76.1 cm³/mol. The van der Waals surface area contributed by atoms with Crippen LogP contribution < -0.4 is 5.32 Å². The molecule has 0 atom stereocenters. The van der Waals surface area contributed by atoms with Gasteiger partial charge in [0.2, 0.25) is 0 Å². The van der Waals surface area contributed by atoms with Gasteiger partial charge in [0, 0.05) is 5.69 Å². The van der Waals surface area contributed by atoms with E-state index in [9.17, 15) is 10.1 Å². The molecule has 0 fully saturated rings. The minimum absolute atomic E-state index is 0.308. The summed E-state index contributed by atoms with van der Waals surface area (Å²) in [6.45, 7) is 0. The molecule has 0 saturated heterocycles. The van der Waals surface area contributed by atoms with Crippen LogP contribution in [0.3, 0.4) is 0 Å². The van der Waals surface area contributed by atoms with Gasteiger partial charge in [-0.2, -0.15) is 0 Å². The molecule has 21 heavy (non-hydrogen) atoms. The molecule has 0 unspecified atom stereocenters. The molecule has 7 nitrogen and oxygen atoms in total. The molecular weight excluding hydrogens is 272 g/mol. The molecule has 1 aromatic carbocycles. The van der Waals surface area contributed by atoms with Crippen molar-refractivity contribution in [1.29, 1.82) is 0 Å². The summed E-state index contributed by atoms with van der Waals surface area (Å²) in [5.74, 6) is -0.0168. The Hall–Kier alpha value is -3.22. The molecule has 0 bridgehead atoms. The van der Waals surface area contributed by atoms with Gasteiger partial charge in [-0.15, -0.1) is 0 Å². The maximum Gasteiger partial charge on any atom is 0.433 e. The van der Waals surface area contributed by atoms with Crippen LogP contribution in [0, 0.1) is 10.1 Å². The summed E-state index contributed by atoms with van der Waals surface area (Å²) in [5, 5.41) is 13.8. The van der Waals surface area contributed by atoms with Crippen molar-refractivity contribution in [2.75, 3.05) is 5.32 Å². The number of para-hydroxylation sites is 1. The minimum atomic E-state index is -0.588. The summed E-state index contributed by atoms with van der Waals surface area (Å²) in [6, 6.07) is 12.3. The summed E-state index contributed by atoms with van der Waals surface area (Å²) in [5.41, 5.74) is 1.92. The van der Waals surface area contributed by atoms with Crippen LogP contribution in [0.4, 0.5) is 17.3 Å². The van der Waals surface area contributed by atoms with Crippen LogP contribution in [0.15, 0.2) is 59.4 Å². The first kappa shape index (κ1) is 12.8. The van der Waals surface area contributed by atoms with Crippen LogP contribution in [0.1, 0.15) is 0 Å². The quantitative estimate of drug-likeness (QED) is 0.582. The standard InChI is InChI=1S/C14H10N4O3/c19-18(20)13-7-6-12(21-13)14-11(8-15-9-16-14)17-10-4-2-1-3-5-10/h1-9,17H. The van der Waals surface area contributed by atoms with Gasteiger partial charge < -0.3 is 9.73 Å². The fourth-order valence-corrected chi connectivity index (χ4v) is 1.85. The molecule has 0 aliphatic rings. The number of nitrogens with zero attached hydrogens (tertiary/aromatic N) is 3. The van der Waals surface area contributed by atoms with E-state index in [4.69, 9.17) is 4.42 Å². The van der Waals surface area contributed by atoms with E-state index in [2.05, 4.69) is 15.3 Å². The summed E-state index contributed by atoms with van der Waals surface area (Å²) < 4.78 is 5.18. The molecule has 2 aromatic heterocycles. The van der Waals surface area contributed by atoms with E-state index in [1.807, 2.05) is 30.3 Å². The van der Waals surface area contributed by atoms with Gasteiger partial charge in [-0.05, 0) is 18.2 Å². The Morgan fingerprint density at radius 3 is 2.67 bits per heavy atom. The number of furan rings is 1. The molecule has 0 saturated carbocycles. The third-order valence-corrected chi connectivity index (χ3v) is 2.77. The minimum Gasteiger partial charge on any atom is -0.399 e. The fourth-order valence-electron chi connectivity index (χ4n) is 1.85. The maximum atomic E-state index is 10.7. The van der Waals surface area contributed by atoms with Crippen molar-refractivity contribution >= 4 is 17.3 Å². The normalized spacial score (nSPS) is 10.3. The molecule has 0 aliphatic carbocycles. The van der Waals surface area contributed by atoms with E-state index in [-0.39, 0.29) is 5.88 Å². The van der Waals surface area contributed by atoms with Crippen molar-refractivity contribution in [3.05, 3.63) is 65.1 Å². The first-order valence-corrected chi connectivity index (χ1v) is 6.11. The largest absolute Gasteiger partial charge is 0.433 e. The lowest BCUT2D eigenvalue weighted by Gasteiger charge is -2.08. The topological polar surface area (TPSA) is 94.1 Å². The van der Waals surface area contributed by atoms with Crippen molar-refractivity contribution in [3.8, 4) is 11.5 Å². The van der Waals surface area contributed by atoms with Gasteiger partial charge in [0.25, 0.3) is 0 Å². The maximum absolute atomic E-state index is 10.7. The van der Waals surface area contributed by atoms with Crippen molar-refractivity contribution in [3.63, 3.8) is 0 Å². The Balaban J connectivity index is 1.97. The van der Waals surface area contributed by atoms with Crippen LogP contribution in [0.2, 0.25) is 0 Å². The zero-order valence-corrected chi connectivity index (χ0v) is 10.8. The van der Waals surface area contributed by atoms with Crippen molar-refractivity contribution in [2.24, 2.45) is 0 Å². The van der Waals surface area contributed by atoms with E-state index >= 15 is 0 Å². The lowest BCUT2D eigenvalue weighted by atomic mass is 10.2. The number of nitrogens with one attached hydrogen (secondary N) is 1. The summed E-state index contributed by atoms with van der Waals surface area (Å²) in [7, 11) is 0. The van der Waals surface area contributed by atoms with Gasteiger partial charge >= 0.3 is 5.88 Å². The van der Waals surface area contributed by atoms with Gasteiger partial charge in [-0.25, -0.2) is 9.97 Å². The molecule has 2 heterocycles. The van der Waals surface area contributed by atoms with Crippen LogP contribution in [0.5, 0.6) is 0 Å². The molecule has 0 amide bonds. The second-order valence-corrected chi connectivity index (χ2v) is 4.17. The number of hydrogen-bond donors (Lipinski definition) is 1. The molecule has 7 heteroatoms. The first-order chi connectivity index (χ1) is 10.2. The number of aromatic nitrogens is 2. The highest BCUT2D eigenvalue weighted by Crippen LogP contribution is 2.30. The molecule has 0 aliphatic heterocycles. The molecule has 3 aromatic rings. The third-order valence-electron chi connectivity index (χ3n) is 2.77. The average Bonchev–Trinajstić information content (AvgIpc) is 2.99. The lowest BCUT2D eigenvalue weighted by molar-refractivity contribution is -0.401. The summed E-state index contributed by atoms with van der Waals surface area (Å²) in [4.78, 5) is 18.2. The van der Waals surface area contributed by atoms with Gasteiger partial charge in [-0.3, -0.25) is 10.1 Å². The Morgan fingerprint density at radius 2 is 1.95 bits per heavy atom. The zero-order valence-electron chi connectivity index (χ0n) is 10.8. The van der Waals surface area contributed by atoms with Gasteiger partial charge in [-0.1, -0.05) is 18.2 Å². The van der Waals surface area contributed by atoms with Crippen molar-refractivity contribution in [2.45, 2.75) is 0 Å². The van der Waals surface area contributed by atoms with Gasteiger partial charge in [0.15, 0.2) is 5.76 Å². The first-order valence-electron chi connectivity index (χ1n) is 6.11. The van der Waals surface area contributed by atoms with E-state index in [1.165, 1.54) is 18.5 Å². The highest BCUT2D eigenvalue weighted by atomic mass is 16.6. The Labute approximate surface area is 119 Å². The smallest absolute Gasteiger partial charge is 0.399 e. The van der Waals surface area contributed by atoms with Gasteiger partial charge in [0.1, 0.15) is 16.9 Å². The monoisotopic (exact) mass is 282 g/mol. The Bertz CT molecular complexity index is 771. The number of rotatable bonds is 4. The highest BCUT2D eigenvalue weighted by Gasteiger charge is 2.16. The number of nitro groups is 1. The third kappa shape index (κ3) is 2.71. The zero-order chi connectivity index (χ0) is 14.7. The van der Waals surface area contributed by atoms with E-state index in [0.717, 1.165) is 5.69 Å². The van der Waals surface area contributed by atoms with Crippen LogP contribution in [-0.2, 0) is 0 Å². The fraction of sp³-hybridized carbons (Fsp3) is 0. The van der Waals surface area contributed by atoms with Crippen LogP contribution in [-0.4, -0.2) is 14.9 Å². The molecular formula is C14H10N4O3. The van der Waals surface area contributed by atoms with E-state index in [0.29, 0.717) is 17.1 Å². The van der Waals surface area contributed by atoms with E-state index < -0.39 is 4.92 Å². The lowest BCUT2D eigenvalue weighted by Crippen LogP contribution is -1.95. The number of hydrogen-bond acceptors (Lipinski definition) is 6. The Kier molecular flexibility index (Phi) is 3.30. The number of anilines is 2. The molecule has 0 radical (unpaired) electrons. The molecule has 3 rings (SSSR count). The van der Waals surface area contributed by atoms with Crippen LogP contribution in [0.25, 0.3) is 11.5 Å². The SMILES string of the molecule is O=[N+]([O-])c1ccc(-c2ncncc2Nc2ccccc2)o1. The molecule has 0 spiro atoms. The van der Waals surface area contributed by atoms with Crippen LogP contribution >= 0.6 is 0 Å². The predicted octanol–water partition coefficient (Wildman–Crippen LogP) is 3.39. The summed E-state index contributed by atoms with van der Waals surface area (Å²) in [6.07, 6.45) is 2.95.